The van der Waals surface area contributed by atoms with E-state index < -0.39 is 9.84 Å². The number of halogens is 1. The minimum absolute atomic E-state index is 0.0629. The Bertz CT molecular complexity index is 916. The first-order valence-electron chi connectivity index (χ1n) is 6.39. The second-order valence-electron chi connectivity index (χ2n) is 4.53. The Morgan fingerprint density at radius 1 is 1.19 bits per heavy atom. The van der Waals surface area contributed by atoms with Gasteiger partial charge in [-0.25, -0.2) is 13.4 Å². The highest BCUT2D eigenvalue weighted by Crippen LogP contribution is 2.30. The van der Waals surface area contributed by atoms with Gasteiger partial charge >= 0.3 is 0 Å². The molecule has 0 atom stereocenters. The van der Waals surface area contributed by atoms with Gasteiger partial charge in [-0.1, -0.05) is 19.1 Å². The maximum absolute atomic E-state index is 11.9. The van der Waals surface area contributed by atoms with Crippen molar-refractivity contribution >= 4 is 36.9 Å². The Labute approximate surface area is 130 Å². The minimum Gasteiger partial charge on any atom is -0.436 e. The van der Waals surface area contributed by atoms with Gasteiger partial charge in [-0.2, -0.15) is 0 Å². The topological polar surface area (TPSA) is 60.2 Å². The van der Waals surface area contributed by atoms with Crippen LogP contribution in [-0.4, -0.2) is 19.2 Å². The first-order chi connectivity index (χ1) is 10.0. The second-order valence-corrected chi connectivity index (χ2v) is 7.66. The van der Waals surface area contributed by atoms with E-state index >= 15 is 0 Å². The van der Waals surface area contributed by atoms with E-state index in [0.29, 0.717) is 17.0 Å². The van der Waals surface area contributed by atoms with Crippen LogP contribution in [-0.2, 0) is 9.84 Å². The van der Waals surface area contributed by atoms with Crippen LogP contribution in [0.1, 0.15) is 6.92 Å². The normalized spacial score (nSPS) is 11.9. The van der Waals surface area contributed by atoms with Crippen LogP contribution >= 0.6 is 15.9 Å². The standard InChI is InChI=1S/C15H12BrNO3S/c1-2-21(18,19)10-7-8-14-13(9-10)17-15(20-14)11-5-3-4-6-12(11)16/h3-9H,2H2,1H3. The number of nitrogens with zero attached hydrogens (tertiary/aromatic N) is 1. The first kappa shape index (κ1) is 14.3. The molecule has 21 heavy (non-hydrogen) atoms. The molecule has 1 aromatic heterocycles. The summed E-state index contributed by atoms with van der Waals surface area (Å²) in [6, 6.07) is 12.3. The molecule has 108 valence electrons. The Morgan fingerprint density at radius 2 is 1.95 bits per heavy atom. The molecule has 0 fully saturated rings. The molecular formula is C15H12BrNO3S. The monoisotopic (exact) mass is 365 g/mol. The lowest BCUT2D eigenvalue weighted by molar-refractivity contribution is 0.597. The molecule has 4 nitrogen and oxygen atoms in total. The van der Waals surface area contributed by atoms with E-state index in [4.69, 9.17) is 4.42 Å². The van der Waals surface area contributed by atoms with Crippen molar-refractivity contribution in [1.82, 2.24) is 4.98 Å². The summed E-state index contributed by atoms with van der Waals surface area (Å²) in [5.41, 5.74) is 1.93. The number of sulfone groups is 1. The SMILES string of the molecule is CCS(=O)(=O)c1ccc2oc(-c3ccccc3Br)nc2c1. The van der Waals surface area contributed by atoms with Crippen LogP contribution < -0.4 is 0 Å². The van der Waals surface area contributed by atoms with Crippen molar-refractivity contribution in [3.63, 3.8) is 0 Å². The summed E-state index contributed by atoms with van der Waals surface area (Å²) in [5.74, 6) is 0.525. The van der Waals surface area contributed by atoms with Gasteiger partial charge < -0.3 is 4.42 Å². The highest BCUT2D eigenvalue weighted by Gasteiger charge is 2.15. The van der Waals surface area contributed by atoms with Gasteiger partial charge in [0.2, 0.25) is 5.89 Å². The molecule has 6 heteroatoms. The first-order valence-corrected chi connectivity index (χ1v) is 8.84. The zero-order valence-corrected chi connectivity index (χ0v) is 13.6. The number of hydrogen-bond donors (Lipinski definition) is 0. The Kier molecular flexibility index (Phi) is 3.59. The fourth-order valence-corrected chi connectivity index (χ4v) is 3.37. The van der Waals surface area contributed by atoms with Gasteiger partial charge in [-0.15, -0.1) is 0 Å². The highest BCUT2D eigenvalue weighted by atomic mass is 79.9. The van der Waals surface area contributed by atoms with Crippen molar-refractivity contribution in [2.24, 2.45) is 0 Å². The summed E-state index contributed by atoms with van der Waals surface area (Å²) in [6.07, 6.45) is 0. The Morgan fingerprint density at radius 3 is 2.67 bits per heavy atom. The third-order valence-corrected chi connectivity index (χ3v) is 5.63. The van der Waals surface area contributed by atoms with Gasteiger partial charge in [-0.05, 0) is 46.3 Å². The van der Waals surface area contributed by atoms with Crippen LogP contribution in [0.25, 0.3) is 22.6 Å². The molecule has 0 amide bonds. The molecule has 0 aliphatic heterocycles. The number of hydrogen-bond acceptors (Lipinski definition) is 4. The quantitative estimate of drug-likeness (QED) is 0.702. The van der Waals surface area contributed by atoms with Crippen molar-refractivity contribution in [2.75, 3.05) is 5.75 Å². The van der Waals surface area contributed by atoms with Crippen molar-refractivity contribution < 1.29 is 12.8 Å². The zero-order valence-electron chi connectivity index (χ0n) is 11.2. The number of benzene rings is 2. The molecule has 2 aromatic carbocycles. The third-order valence-electron chi connectivity index (χ3n) is 3.20. The van der Waals surface area contributed by atoms with E-state index in [1.165, 1.54) is 0 Å². The summed E-state index contributed by atoms with van der Waals surface area (Å²) in [6.45, 7) is 1.62. The van der Waals surface area contributed by atoms with Crippen molar-refractivity contribution in [2.45, 2.75) is 11.8 Å². The Hall–Kier alpha value is -1.66. The summed E-state index contributed by atoms with van der Waals surface area (Å²) < 4.78 is 30.4. The van der Waals surface area contributed by atoms with Crippen LogP contribution in [0, 0.1) is 0 Å². The maximum Gasteiger partial charge on any atom is 0.228 e. The lowest BCUT2D eigenvalue weighted by Crippen LogP contribution is -2.03. The van der Waals surface area contributed by atoms with Gasteiger partial charge in [0.25, 0.3) is 0 Å². The van der Waals surface area contributed by atoms with Crippen LogP contribution in [0.3, 0.4) is 0 Å². The molecule has 3 rings (SSSR count). The predicted molar refractivity (Wildman–Crippen MR) is 84.9 cm³/mol. The molecule has 0 saturated carbocycles. The molecule has 0 aliphatic rings. The molecule has 0 N–H and O–H groups in total. The van der Waals surface area contributed by atoms with E-state index in [2.05, 4.69) is 20.9 Å². The molecule has 0 spiro atoms. The average Bonchev–Trinajstić information content (AvgIpc) is 2.90. The maximum atomic E-state index is 11.9. The Balaban J connectivity index is 2.16. The smallest absolute Gasteiger partial charge is 0.228 e. The summed E-state index contributed by atoms with van der Waals surface area (Å²) in [4.78, 5) is 4.66. The van der Waals surface area contributed by atoms with Crippen molar-refractivity contribution in [1.29, 1.82) is 0 Å². The van der Waals surface area contributed by atoms with Crippen LogP contribution in [0.5, 0.6) is 0 Å². The molecule has 0 aliphatic carbocycles. The molecule has 1 heterocycles. The molecule has 3 aromatic rings. The summed E-state index contributed by atoms with van der Waals surface area (Å²) in [7, 11) is -3.24. The van der Waals surface area contributed by atoms with Gasteiger partial charge in [-0.3, -0.25) is 0 Å². The van der Waals surface area contributed by atoms with Gasteiger partial charge in [0.15, 0.2) is 15.4 Å². The fourth-order valence-electron chi connectivity index (χ4n) is 2.02. The minimum atomic E-state index is -3.24. The van der Waals surface area contributed by atoms with Crippen molar-refractivity contribution in [3.05, 3.63) is 46.9 Å². The molecule has 0 unspecified atom stereocenters. The lowest BCUT2D eigenvalue weighted by atomic mass is 10.2. The van der Waals surface area contributed by atoms with Gasteiger partial charge in [0, 0.05) is 4.47 Å². The van der Waals surface area contributed by atoms with Crippen LogP contribution in [0.4, 0.5) is 0 Å². The average molecular weight is 366 g/mol. The molecule has 0 radical (unpaired) electrons. The molecular weight excluding hydrogens is 354 g/mol. The van der Waals surface area contributed by atoms with E-state index in [0.717, 1.165) is 10.0 Å². The van der Waals surface area contributed by atoms with Gasteiger partial charge in [0.05, 0.1) is 16.2 Å². The number of rotatable bonds is 3. The lowest BCUT2D eigenvalue weighted by Gasteiger charge is -1.99. The van der Waals surface area contributed by atoms with E-state index in [-0.39, 0.29) is 10.6 Å². The highest BCUT2D eigenvalue weighted by molar-refractivity contribution is 9.10. The fraction of sp³-hybridized carbons (Fsp3) is 0.133. The third kappa shape index (κ3) is 2.61. The summed E-state index contributed by atoms with van der Waals surface area (Å²) >= 11 is 3.45. The van der Waals surface area contributed by atoms with Crippen molar-refractivity contribution in [3.8, 4) is 11.5 Å². The summed E-state index contributed by atoms with van der Waals surface area (Å²) in [5, 5.41) is 0. The molecule has 0 bridgehead atoms. The van der Waals surface area contributed by atoms with E-state index in [9.17, 15) is 8.42 Å². The second kappa shape index (κ2) is 5.27. The van der Waals surface area contributed by atoms with Crippen LogP contribution in [0.15, 0.2) is 56.2 Å². The molecule has 0 saturated heterocycles. The predicted octanol–water partition coefficient (Wildman–Crippen LogP) is 4.05. The van der Waals surface area contributed by atoms with E-state index in [1.807, 2.05) is 24.3 Å². The zero-order chi connectivity index (χ0) is 15.0. The largest absolute Gasteiger partial charge is 0.436 e. The van der Waals surface area contributed by atoms with Crippen LogP contribution in [0.2, 0.25) is 0 Å². The number of fused-ring (bicyclic) bond motifs is 1. The van der Waals surface area contributed by atoms with Gasteiger partial charge in [0.1, 0.15) is 5.52 Å². The van der Waals surface area contributed by atoms with E-state index in [1.54, 1.807) is 25.1 Å². The number of aromatic nitrogens is 1. The number of oxazole rings is 1.